The maximum atomic E-state index is 11.9. The minimum Gasteiger partial charge on any atom is -0.459 e. The van der Waals surface area contributed by atoms with Gasteiger partial charge in [-0.1, -0.05) is 6.08 Å². The number of carbonyl (C=O) groups is 1. The summed E-state index contributed by atoms with van der Waals surface area (Å²) in [6.07, 6.45) is 5.46. The van der Waals surface area contributed by atoms with Crippen molar-refractivity contribution >= 4 is 5.91 Å². The Morgan fingerprint density at radius 2 is 2.50 bits per heavy atom. The smallest absolute Gasteiger partial charge is 0.290 e. The Balaban J connectivity index is 2.10. The van der Waals surface area contributed by atoms with Gasteiger partial charge in [-0.3, -0.25) is 4.79 Å². The van der Waals surface area contributed by atoms with Gasteiger partial charge < -0.3 is 9.32 Å². The van der Waals surface area contributed by atoms with Gasteiger partial charge in [0.05, 0.1) is 6.26 Å². The summed E-state index contributed by atoms with van der Waals surface area (Å²) in [5, 5.41) is 0. The predicted octanol–water partition coefficient (Wildman–Crippen LogP) is 2.07. The minimum atomic E-state index is -0.0302. The summed E-state index contributed by atoms with van der Waals surface area (Å²) in [7, 11) is 0. The Bertz CT molecular complexity index is 325. The van der Waals surface area contributed by atoms with Crippen LogP contribution in [0, 0.1) is 0 Å². The molecule has 1 aliphatic carbocycles. The van der Waals surface area contributed by atoms with Gasteiger partial charge in [0.2, 0.25) is 0 Å². The number of hydrogen-bond acceptors (Lipinski definition) is 2. The van der Waals surface area contributed by atoms with Crippen molar-refractivity contribution in [2.45, 2.75) is 18.9 Å². The first-order valence-electron chi connectivity index (χ1n) is 4.78. The highest BCUT2D eigenvalue weighted by Crippen LogP contribution is 2.28. The molecule has 3 nitrogen and oxygen atoms in total. The second-order valence-corrected chi connectivity index (χ2v) is 3.45. The second-order valence-electron chi connectivity index (χ2n) is 3.45. The first-order valence-corrected chi connectivity index (χ1v) is 4.78. The van der Waals surface area contributed by atoms with E-state index in [1.807, 2.05) is 4.90 Å². The van der Waals surface area contributed by atoms with Gasteiger partial charge in [0.15, 0.2) is 5.76 Å². The molecule has 0 atom stereocenters. The molecule has 1 amide bonds. The molecule has 2 rings (SSSR count). The van der Waals surface area contributed by atoms with Crippen LogP contribution in [0.25, 0.3) is 0 Å². The largest absolute Gasteiger partial charge is 0.459 e. The van der Waals surface area contributed by atoms with Gasteiger partial charge in [-0.2, -0.15) is 0 Å². The zero-order chi connectivity index (χ0) is 9.97. The van der Waals surface area contributed by atoms with Gasteiger partial charge in [-0.15, -0.1) is 6.58 Å². The van der Waals surface area contributed by atoms with Crippen LogP contribution in [-0.2, 0) is 0 Å². The van der Waals surface area contributed by atoms with Crippen molar-refractivity contribution in [1.82, 2.24) is 4.90 Å². The number of nitrogens with zero attached hydrogens (tertiary/aromatic N) is 1. The van der Waals surface area contributed by atoms with E-state index in [4.69, 9.17) is 4.42 Å². The fourth-order valence-corrected chi connectivity index (χ4v) is 1.46. The topological polar surface area (TPSA) is 33.5 Å². The molecule has 0 bridgehead atoms. The number of amides is 1. The van der Waals surface area contributed by atoms with Crippen LogP contribution in [0.3, 0.4) is 0 Å². The van der Waals surface area contributed by atoms with Crippen LogP contribution in [0.2, 0.25) is 0 Å². The lowest BCUT2D eigenvalue weighted by Gasteiger charge is -2.18. The zero-order valence-corrected chi connectivity index (χ0v) is 7.98. The van der Waals surface area contributed by atoms with Crippen LogP contribution >= 0.6 is 0 Å². The van der Waals surface area contributed by atoms with Crippen LogP contribution in [0.4, 0.5) is 0 Å². The van der Waals surface area contributed by atoms with Crippen molar-refractivity contribution in [3.8, 4) is 0 Å². The Morgan fingerprint density at radius 1 is 1.71 bits per heavy atom. The van der Waals surface area contributed by atoms with E-state index in [9.17, 15) is 4.79 Å². The van der Waals surface area contributed by atoms with E-state index >= 15 is 0 Å². The molecule has 1 aromatic rings. The van der Waals surface area contributed by atoms with E-state index in [1.165, 1.54) is 6.26 Å². The van der Waals surface area contributed by atoms with Gasteiger partial charge in [0.1, 0.15) is 0 Å². The molecule has 0 saturated heterocycles. The number of furan rings is 1. The quantitative estimate of drug-likeness (QED) is 0.682. The average Bonchev–Trinajstić information content (AvgIpc) is 2.88. The molecule has 3 heteroatoms. The van der Waals surface area contributed by atoms with Gasteiger partial charge in [-0.05, 0) is 25.0 Å². The van der Waals surface area contributed by atoms with E-state index in [0.717, 1.165) is 12.8 Å². The van der Waals surface area contributed by atoms with Gasteiger partial charge in [-0.25, -0.2) is 0 Å². The standard InChI is InChI=1S/C11H13NO2/c1-2-7-12(9-5-6-9)11(13)10-4-3-8-14-10/h2-4,8-9H,1,5-7H2. The summed E-state index contributed by atoms with van der Waals surface area (Å²) in [4.78, 5) is 13.7. The fourth-order valence-electron chi connectivity index (χ4n) is 1.46. The molecule has 14 heavy (non-hydrogen) atoms. The summed E-state index contributed by atoms with van der Waals surface area (Å²) < 4.78 is 5.08. The van der Waals surface area contributed by atoms with Crippen LogP contribution in [0.1, 0.15) is 23.4 Å². The summed E-state index contributed by atoms with van der Waals surface area (Å²) in [6.45, 7) is 4.25. The fraction of sp³-hybridized carbons (Fsp3) is 0.364. The molecule has 0 aromatic carbocycles. The summed E-state index contributed by atoms with van der Waals surface area (Å²) in [6, 6.07) is 3.82. The Kier molecular flexibility index (Phi) is 2.39. The van der Waals surface area contributed by atoms with Gasteiger partial charge >= 0.3 is 0 Å². The van der Waals surface area contributed by atoms with Crippen LogP contribution < -0.4 is 0 Å². The molecule has 1 aromatic heterocycles. The van der Waals surface area contributed by atoms with E-state index in [1.54, 1.807) is 18.2 Å². The van der Waals surface area contributed by atoms with Crippen LogP contribution in [-0.4, -0.2) is 23.4 Å². The van der Waals surface area contributed by atoms with Crippen molar-refractivity contribution in [2.75, 3.05) is 6.54 Å². The van der Waals surface area contributed by atoms with Crippen molar-refractivity contribution in [1.29, 1.82) is 0 Å². The third-order valence-electron chi connectivity index (χ3n) is 2.31. The highest BCUT2D eigenvalue weighted by molar-refractivity contribution is 5.92. The first-order chi connectivity index (χ1) is 6.83. The summed E-state index contributed by atoms with van der Waals surface area (Å²) in [5.74, 6) is 0.385. The second kappa shape index (κ2) is 3.70. The molecule has 1 heterocycles. The van der Waals surface area contributed by atoms with Gasteiger partial charge in [0, 0.05) is 12.6 Å². The molecule has 0 radical (unpaired) electrons. The average molecular weight is 191 g/mol. The normalized spacial score (nSPS) is 15.1. The first kappa shape index (κ1) is 9.06. The number of carbonyl (C=O) groups excluding carboxylic acids is 1. The summed E-state index contributed by atoms with van der Waals surface area (Å²) >= 11 is 0. The Morgan fingerprint density at radius 3 is 3.00 bits per heavy atom. The maximum absolute atomic E-state index is 11.9. The number of hydrogen-bond donors (Lipinski definition) is 0. The zero-order valence-electron chi connectivity index (χ0n) is 7.98. The van der Waals surface area contributed by atoms with Crippen LogP contribution in [0.15, 0.2) is 35.5 Å². The van der Waals surface area contributed by atoms with Crippen molar-refractivity contribution in [2.24, 2.45) is 0 Å². The molecule has 0 unspecified atom stereocenters. The lowest BCUT2D eigenvalue weighted by Crippen LogP contribution is -2.32. The third kappa shape index (κ3) is 1.71. The SMILES string of the molecule is C=CCN(C(=O)c1ccco1)C1CC1. The van der Waals surface area contributed by atoms with Crippen LogP contribution in [0.5, 0.6) is 0 Å². The maximum Gasteiger partial charge on any atom is 0.290 e. The third-order valence-corrected chi connectivity index (χ3v) is 2.31. The van der Waals surface area contributed by atoms with Crippen molar-refractivity contribution < 1.29 is 9.21 Å². The van der Waals surface area contributed by atoms with E-state index < -0.39 is 0 Å². The molecule has 0 N–H and O–H groups in total. The molecule has 0 spiro atoms. The van der Waals surface area contributed by atoms with E-state index in [-0.39, 0.29) is 5.91 Å². The van der Waals surface area contributed by atoms with Crippen molar-refractivity contribution in [3.63, 3.8) is 0 Å². The minimum absolute atomic E-state index is 0.0302. The molecular weight excluding hydrogens is 178 g/mol. The number of rotatable bonds is 4. The molecule has 74 valence electrons. The molecule has 1 aliphatic rings. The highest BCUT2D eigenvalue weighted by Gasteiger charge is 2.33. The molecule has 1 fully saturated rings. The Labute approximate surface area is 83.0 Å². The highest BCUT2D eigenvalue weighted by atomic mass is 16.3. The predicted molar refractivity (Wildman–Crippen MR) is 53.0 cm³/mol. The van der Waals surface area contributed by atoms with E-state index in [0.29, 0.717) is 18.3 Å². The Hall–Kier alpha value is -1.51. The summed E-state index contributed by atoms with van der Waals surface area (Å²) in [5.41, 5.74) is 0. The molecule has 1 saturated carbocycles. The lowest BCUT2D eigenvalue weighted by molar-refractivity contribution is 0.0730. The van der Waals surface area contributed by atoms with Crippen molar-refractivity contribution in [3.05, 3.63) is 36.8 Å². The lowest BCUT2D eigenvalue weighted by atomic mass is 10.3. The van der Waals surface area contributed by atoms with Gasteiger partial charge in [0.25, 0.3) is 5.91 Å². The molecule has 0 aliphatic heterocycles. The molecular formula is C11H13NO2. The van der Waals surface area contributed by atoms with E-state index in [2.05, 4.69) is 6.58 Å². The monoisotopic (exact) mass is 191 g/mol.